The van der Waals surface area contributed by atoms with Gasteiger partial charge in [0.25, 0.3) is 0 Å². The van der Waals surface area contributed by atoms with Gasteiger partial charge >= 0.3 is 0 Å². The number of oxime groups is 1. The Kier molecular flexibility index (Phi) is 1.91. The molecule has 1 aromatic rings. The number of rotatable bonds is 1. The summed E-state index contributed by atoms with van der Waals surface area (Å²) >= 11 is 1.58. The molecule has 10 heavy (non-hydrogen) atoms. The van der Waals surface area contributed by atoms with Crippen LogP contribution in [0.25, 0.3) is 0 Å². The van der Waals surface area contributed by atoms with Gasteiger partial charge in [-0.05, 0) is 13.0 Å². The Bertz CT molecular complexity index is 254. The van der Waals surface area contributed by atoms with Gasteiger partial charge in [0.2, 0.25) is 0 Å². The van der Waals surface area contributed by atoms with Crippen molar-refractivity contribution in [2.75, 3.05) is 0 Å². The molecule has 1 heterocycles. The minimum atomic E-state index is 0.171. The maximum Gasteiger partial charge on any atom is 0.170 e. The molecule has 0 aliphatic carbocycles. The molecule has 0 aliphatic rings. The van der Waals surface area contributed by atoms with Crippen LogP contribution in [0.4, 0.5) is 0 Å². The number of thiophene rings is 1. The first kappa shape index (κ1) is 7.08. The van der Waals surface area contributed by atoms with Gasteiger partial charge in [0.1, 0.15) is 0 Å². The first-order valence-electron chi connectivity index (χ1n) is 2.77. The standard InChI is InChI=1S/C6H8N2OS/c1-4-2-5(3-10-4)6(7)8-9/h2-3,9H,1H3,(H2,7,8). The minimum absolute atomic E-state index is 0.171. The lowest BCUT2D eigenvalue weighted by molar-refractivity contribution is 0.318. The van der Waals surface area contributed by atoms with Crippen LogP contribution in [0.1, 0.15) is 10.4 Å². The van der Waals surface area contributed by atoms with Gasteiger partial charge in [-0.3, -0.25) is 0 Å². The third-order valence-corrected chi connectivity index (χ3v) is 2.00. The molecule has 0 aliphatic heterocycles. The number of nitrogens with two attached hydrogens (primary N) is 1. The molecule has 0 amide bonds. The smallest absolute Gasteiger partial charge is 0.170 e. The van der Waals surface area contributed by atoms with E-state index in [1.54, 1.807) is 11.3 Å². The Labute approximate surface area is 62.8 Å². The first-order chi connectivity index (χ1) is 4.74. The number of hydrogen-bond acceptors (Lipinski definition) is 3. The fraction of sp³-hybridized carbons (Fsp3) is 0.167. The quantitative estimate of drug-likeness (QED) is 0.277. The van der Waals surface area contributed by atoms with Crippen LogP contribution in [-0.4, -0.2) is 11.0 Å². The van der Waals surface area contributed by atoms with Crippen LogP contribution in [0.2, 0.25) is 0 Å². The zero-order valence-electron chi connectivity index (χ0n) is 5.53. The molecule has 0 atom stereocenters. The molecule has 54 valence electrons. The molecule has 3 nitrogen and oxygen atoms in total. The van der Waals surface area contributed by atoms with Crippen LogP contribution >= 0.6 is 11.3 Å². The predicted octanol–water partition coefficient (Wildman–Crippen LogP) is 1.15. The fourth-order valence-electron chi connectivity index (χ4n) is 0.636. The van der Waals surface area contributed by atoms with E-state index < -0.39 is 0 Å². The van der Waals surface area contributed by atoms with Crippen LogP contribution in [0.15, 0.2) is 16.6 Å². The van der Waals surface area contributed by atoms with Gasteiger partial charge in [0.15, 0.2) is 5.84 Å². The molecule has 0 bridgehead atoms. The van der Waals surface area contributed by atoms with Crippen molar-refractivity contribution in [3.05, 3.63) is 21.9 Å². The van der Waals surface area contributed by atoms with Crippen molar-refractivity contribution in [2.45, 2.75) is 6.92 Å². The summed E-state index contributed by atoms with van der Waals surface area (Å²) in [7, 11) is 0. The van der Waals surface area contributed by atoms with E-state index in [9.17, 15) is 0 Å². The largest absolute Gasteiger partial charge is 0.409 e. The normalized spacial score (nSPS) is 11.9. The first-order valence-corrected chi connectivity index (χ1v) is 3.65. The zero-order valence-corrected chi connectivity index (χ0v) is 6.35. The molecule has 0 unspecified atom stereocenters. The summed E-state index contributed by atoms with van der Waals surface area (Å²) in [6, 6.07) is 1.87. The monoisotopic (exact) mass is 156 g/mol. The number of aryl methyl sites for hydroxylation is 1. The van der Waals surface area contributed by atoms with E-state index in [0.29, 0.717) is 0 Å². The molecular formula is C6H8N2OS. The van der Waals surface area contributed by atoms with Gasteiger partial charge in [0.05, 0.1) is 0 Å². The SMILES string of the molecule is Cc1cc(/C(N)=N/O)cs1. The topological polar surface area (TPSA) is 58.6 Å². The van der Waals surface area contributed by atoms with Crippen LogP contribution < -0.4 is 5.73 Å². The number of amidine groups is 1. The van der Waals surface area contributed by atoms with Crippen molar-refractivity contribution in [3.8, 4) is 0 Å². The molecule has 4 heteroatoms. The minimum Gasteiger partial charge on any atom is -0.409 e. The van der Waals surface area contributed by atoms with Crippen LogP contribution in [0.5, 0.6) is 0 Å². The zero-order chi connectivity index (χ0) is 7.56. The van der Waals surface area contributed by atoms with E-state index in [2.05, 4.69) is 5.16 Å². The second kappa shape index (κ2) is 2.70. The van der Waals surface area contributed by atoms with Crippen molar-refractivity contribution in [1.29, 1.82) is 0 Å². The molecule has 0 spiro atoms. The highest BCUT2D eigenvalue weighted by atomic mass is 32.1. The maximum absolute atomic E-state index is 8.27. The van der Waals surface area contributed by atoms with Crippen molar-refractivity contribution in [1.82, 2.24) is 0 Å². The van der Waals surface area contributed by atoms with E-state index in [4.69, 9.17) is 10.9 Å². The summed E-state index contributed by atoms with van der Waals surface area (Å²) in [5, 5.41) is 13.0. The van der Waals surface area contributed by atoms with Gasteiger partial charge in [-0.15, -0.1) is 11.3 Å². The molecule has 1 rings (SSSR count). The molecule has 0 fully saturated rings. The van der Waals surface area contributed by atoms with E-state index in [1.165, 1.54) is 0 Å². The summed E-state index contributed by atoms with van der Waals surface area (Å²) in [6.07, 6.45) is 0. The third-order valence-electron chi connectivity index (χ3n) is 1.13. The van der Waals surface area contributed by atoms with Gasteiger partial charge in [0, 0.05) is 15.8 Å². The molecular weight excluding hydrogens is 148 g/mol. The Morgan fingerprint density at radius 3 is 2.90 bits per heavy atom. The van der Waals surface area contributed by atoms with Crippen molar-refractivity contribution in [3.63, 3.8) is 0 Å². The van der Waals surface area contributed by atoms with Crippen LogP contribution in [0.3, 0.4) is 0 Å². The van der Waals surface area contributed by atoms with Gasteiger partial charge in [-0.2, -0.15) is 0 Å². The Hall–Kier alpha value is -1.03. The maximum atomic E-state index is 8.27. The lowest BCUT2D eigenvalue weighted by Gasteiger charge is -1.88. The third kappa shape index (κ3) is 1.27. The Balaban J connectivity index is 2.95. The van der Waals surface area contributed by atoms with Gasteiger partial charge < -0.3 is 10.9 Å². The molecule has 0 aromatic carbocycles. The van der Waals surface area contributed by atoms with Crippen molar-refractivity contribution < 1.29 is 5.21 Å². The average Bonchev–Trinajstić information content (AvgIpc) is 2.34. The summed E-state index contributed by atoms with van der Waals surface area (Å²) < 4.78 is 0. The molecule has 3 N–H and O–H groups in total. The van der Waals surface area contributed by atoms with Crippen molar-refractivity contribution in [2.24, 2.45) is 10.9 Å². The highest BCUT2D eigenvalue weighted by Crippen LogP contribution is 2.11. The Morgan fingerprint density at radius 1 is 1.80 bits per heavy atom. The average molecular weight is 156 g/mol. The summed E-state index contributed by atoms with van der Waals surface area (Å²) in [5.41, 5.74) is 6.10. The summed E-state index contributed by atoms with van der Waals surface area (Å²) in [5.74, 6) is 0.171. The van der Waals surface area contributed by atoms with Gasteiger partial charge in [-0.25, -0.2) is 0 Å². The Morgan fingerprint density at radius 2 is 2.50 bits per heavy atom. The second-order valence-corrected chi connectivity index (χ2v) is 3.05. The van der Waals surface area contributed by atoms with E-state index in [-0.39, 0.29) is 5.84 Å². The number of nitrogens with zero attached hydrogens (tertiary/aromatic N) is 1. The number of hydrogen-bond donors (Lipinski definition) is 2. The van der Waals surface area contributed by atoms with E-state index in [1.807, 2.05) is 18.4 Å². The van der Waals surface area contributed by atoms with Gasteiger partial charge in [-0.1, -0.05) is 5.16 Å². The molecule has 1 aromatic heterocycles. The van der Waals surface area contributed by atoms with Crippen LogP contribution in [0, 0.1) is 6.92 Å². The predicted molar refractivity (Wildman–Crippen MR) is 41.6 cm³/mol. The van der Waals surface area contributed by atoms with E-state index in [0.717, 1.165) is 10.4 Å². The second-order valence-electron chi connectivity index (χ2n) is 1.93. The summed E-state index contributed by atoms with van der Waals surface area (Å²) in [4.78, 5) is 1.15. The molecule has 0 saturated heterocycles. The molecule has 0 saturated carbocycles. The van der Waals surface area contributed by atoms with Crippen LogP contribution in [-0.2, 0) is 0 Å². The highest BCUT2D eigenvalue weighted by Gasteiger charge is 1.99. The fourth-order valence-corrected chi connectivity index (χ4v) is 1.33. The lowest BCUT2D eigenvalue weighted by Crippen LogP contribution is -2.11. The lowest BCUT2D eigenvalue weighted by atomic mass is 10.3. The summed E-state index contributed by atoms with van der Waals surface area (Å²) in [6.45, 7) is 1.97. The van der Waals surface area contributed by atoms with Crippen molar-refractivity contribution >= 4 is 17.2 Å². The highest BCUT2D eigenvalue weighted by molar-refractivity contribution is 7.10. The molecule has 0 radical (unpaired) electrons. The van der Waals surface area contributed by atoms with E-state index >= 15 is 0 Å².